The average Bonchev–Trinajstić information content (AvgIpc) is 3.46. The number of aryl methyl sites for hydroxylation is 2. The third-order valence-electron chi connectivity index (χ3n) is 6.33. The summed E-state index contributed by atoms with van der Waals surface area (Å²) in [7, 11) is 2.96. The van der Waals surface area contributed by atoms with Gasteiger partial charge in [0.15, 0.2) is 16.3 Å². The molecule has 4 rings (SSSR count). The Morgan fingerprint density at radius 3 is 2.51 bits per heavy atom. The van der Waals surface area contributed by atoms with Crippen LogP contribution in [0.4, 0.5) is 5.13 Å². The van der Waals surface area contributed by atoms with E-state index in [0.29, 0.717) is 23.2 Å². The van der Waals surface area contributed by atoms with Crippen molar-refractivity contribution in [3.63, 3.8) is 0 Å². The number of imidazole rings is 1. The van der Waals surface area contributed by atoms with E-state index in [9.17, 15) is 14.4 Å². The summed E-state index contributed by atoms with van der Waals surface area (Å²) in [6.07, 6.45) is 1.42. The molecule has 12 heteroatoms. The minimum Gasteiger partial charge on any atom is -0.315 e. The number of hydrogen-bond donors (Lipinski definition) is 0. The molecule has 35 heavy (non-hydrogen) atoms. The van der Waals surface area contributed by atoms with Crippen LogP contribution in [0.25, 0.3) is 21.4 Å². The van der Waals surface area contributed by atoms with Crippen LogP contribution in [-0.4, -0.2) is 60.7 Å². The Morgan fingerprint density at radius 2 is 1.83 bits per heavy atom. The fourth-order valence-corrected chi connectivity index (χ4v) is 5.28. The Morgan fingerprint density at radius 1 is 1.11 bits per heavy atom. The molecular formula is C23H28ClN7O3S. The van der Waals surface area contributed by atoms with Crippen molar-refractivity contribution in [2.24, 2.45) is 14.1 Å². The first-order chi connectivity index (χ1) is 16.7. The van der Waals surface area contributed by atoms with Gasteiger partial charge in [0.05, 0.1) is 16.5 Å². The molecule has 0 bridgehead atoms. The molecule has 0 atom stereocenters. The number of halogens is 1. The number of fused-ring (bicyclic) bond motifs is 2. The SMILES string of the molecule is CCN(CC)CCN(C(=O)Cn1cnc2c1c(=O)n(C)c(=O)n2C)c1nc2c(C)c(Cl)ccc2s1. The van der Waals surface area contributed by atoms with Crippen LogP contribution in [0, 0.1) is 6.92 Å². The van der Waals surface area contributed by atoms with E-state index in [1.807, 2.05) is 19.1 Å². The fourth-order valence-electron chi connectivity index (χ4n) is 4.06. The average molecular weight is 518 g/mol. The first-order valence-corrected chi connectivity index (χ1v) is 12.6. The highest BCUT2D eigenvalue weighted by Crippen LogP contribution is 2.33. The second-order valence-electron chi connectivity index (χ2n) is 8.34. The van der Waals surface area contributed by atoms with E-state index in [1.165, 1.54) is 33.8 Å². The van der Waals surface area contributed by atoms with Gasteiger partial charge in [-0.05, 0) is 37.7 Å². The van der Waals surface area contributed by atoms with Crippen LogP contribution in [-0.2, 0) is 25.4 Å². The lowest BCUT2D eigenvalue weighted by Gasteiger charge is -2.25. The Balaban J connectivity index is 1.74. The highest BCUT2D eigenvalue weighted by molar-refractivity contribution is 7.22. The lowest BCUT2D eigenvalue weighted by Crippen LogP contribution is -2.41. The topological polar surface area (TPSA) is 98.3 Å². The van der Waals surface area contributed by atoms with Crippen molar-refractivity contribution in [3.05, 3.63) is 49.9 Å². The smallest absolute Gasteiger partial charge is 0.315 e. The van der Waals surface area contributed by atoms with Crippen LogP contribution in [0.15, 0.2) is 28.0 Å². The molecular weight excluding hydrogens is 490 g/mol. The number of benzene rings is 1. The molecule has 0 saturated heterocycles. The maximum absolute atomic E-state index is 13.6. The minimum absolute atomic E-state index is 0.113. The maximum Gasteiger partial charge on any atom is 0.332 e. The van der Waals surface area contributed by atoms with Gasteiger partial charge in [0, 0.05) is 32.2 Å². The molecule has 4 aromatic rings. The second kappa shape index (κ2) is 9.92. The Hall–Kier alpha value is -3.02. The summed E-state index contributed by atoms with van der Waals surface area (Å²) in [5.74, 6) is -0.227. The van der Waals surface area contributed by atoms with Crippen molar-refractivity contribution in [1.29, 1.82) is 0 Å². The van der Waals surface area contributed by atoms with Crippen LogP contribution in [0.3, 0.4) is 0 Å². The van der Waals surface area contributed by atoms with E-state index in [-0.39, 0.29) is 23.6 Å². The molecule has 3 aromatic heterocycles. The van der Waals surface area contributed by atoms with Crippen LogP contribution in [0.1, 0.15) is 19.4 Å². The highest BCUT2D eigenvalue weighted by atomic mass is 35.5. The summed E-state index contributed by atoms with van der Waals surface area (Å²) in [6.45, 7) is 8.80. The number of amides is 1. The summed E-state index contributed by atoms with van der Waals surface area (Å²) in [6, 6.07) is 3.74. The van der Waals surface area contributed by atoms with Crippen LogP contribution < -0.4 is 16.1 Å². The summed E-state index contributed by atoms with van der Waals surface area (Å²) >= 11 is 7.72. The Bertz CT molecular complexity index is 1530. The number of carbonyl (C=O) groups is 1. The van der Waals surface area contributed by atoms with E-state index in [0.717, 1.165) is 33.4 Å². The van der Waals surface area contributed by atoms with Gasteiger partial charge in [-0.25, -0.2) is 14.8 Å². The first-order valence-electron chi connectivity index (χ1n) is 11.4. The normalized spacial score (nSPS) is 11.7. The third-order valence-corrected chi connectivity index (χ3v) is 7.78. The third kappa shape index (κ3) is 4.51. The molecule has 0 aliphatic rings. The molecule has 0 aliphatic carbocycles. The lowest BCUT2D eigenvalue weighted by molar-refractivity contribution is -0.119. The molecule has 0 spiro atoms. The summed E-state index contributed by atoms with van der Waals surface area (Å²) in [5.41, 5.74) is 1.13. The van der Waals surface area contributed by atoms with Crippen molar-refractivity contribution >= 4 is 55.4 Å². The molecule has 3 heterocycles. The molecule has 0 unspecified atom stereocenters. The zero-order valence-corrected chi connectivity index (χ0v) is 22.0. The Kier molecular flexibility index (Phi) is 7.11. The van der Waals surface area contributed by atoms with Gasteiger partial charge in [0.2, 0.25) is 5.91 Å². The summed E-state index contributed by atoms with van der Waals surface area (Å²) in [4.78, 5) is 51.6. The number of likely N-dealkylation sites (N-methyl/N-ethyl adjacent to an activating group) is 1. The zero-order valence-electron chi connectivity index (χ0n) is 20.4. The predicted octanol–water partition coefficient (Wildman–Crippen LogP) is 2.38. The van der Waals surface area contributed by atoms with Gasteiger partial charge in [0.1, 0.15) is 6.54 Å². The highest BCUT2D eigenvalue weighted by Gasteiger charge is 2.23. The van der Waals surface area contributed by atoms with E-state index in [2.05, 4.69) is 23.7 Å². The van der Waals surface area contributed by atoms with E-state index < -0.39 is 11.2 Å². The van der Waals surface area contributed by atoms with Gasteiger partial charge in [-0.15, -0.1) is 0 Å². The van der Waals surface area contributed by atoms with E-state index in [1.54, 1.807) is 11.9 Å². The number of anilines is 1. The standard InChI is InChI=1S/C23H28ClN7O3S/c1-6-29(7-2)10-11-31(22-26-18-14(3)15(24)8-9-16(18)35-22)17(32)12-30-13-25-20-19(30)21(33)28(5)23(34)27(20)4/h8-9,13H,6-7,10-12H2,1-5H3. The van der Waals surface area contributed by atoms with Gasteiger partial charge in [-0.3, -0.25) is 23.6 Å². The number of carbonyl (C=O) groups excluding carboxylic acids is 1. The molecule has 0 N–H and O–H groups in total. The van der Waals surface area contributed by atoms with Gasteiger partial charge in [-0.1, -0.05) is 36.8 Å². The quantitative estimate of drug-likeness (QED) is 0.356. The number of aromatic nitrogens is 5. The van der Waals surface area contributed by atoms with Crippen molar-refractivity contribution in [1.82, 2.24) is 28.6 Å². The molecule has 0 aliphatic heterocycles. The van der Waals surface area contributed by atoms with Crippen LogP contribution in [0.5, 0.6) is 0 Å². The fraction of sp³-hybridized carbons (Fsp3) is 0.435. The lowest BCUT2D eigenvalue weighted by atomic mass is 10.2. The molecule has 0 saturated carbocycles. The molecule has 0 fully saturated rings. The van der Waals surface area contributed by atoms with E-state index >= 15 is 0 Å². The molecule has 0 radical (unpaired) electrons. The second-order valence-corrected chi connectivity index (χ2v) is 9.75. The molecule has 1 aromatic carbocycles. The first kappa shape index (κ1) is 25.1. The molecule has 1 amide bonds. The number of hydrogen-bond acceptors (Lipinski definition) is 7. The zero-order chi connectivity index (χ0) is 25.4. The maximum atomic E-state index is 13.6. The number of rotatable bonds is 8. The molecule has 186 valence electrons. The number of nitrogens with zero attached hydrogens (tertiary/aromatic N) is 7. The van der Waals surface area contributed by atoms with Gasteiger partial charge in [0.25, 0.3) is 5.56 Å². The van der Waals surface area contributed by atoms with Gasteiger partial charge < -0.3 is 9.47 Å². The summed E-state index contributed by atoms with van der Waals surface area (Å²) < 4.78 is 4.76. The minimum atomic E-state index is -0.492. The monoisotopic (exact) mass is 517 g/mol. The van der Waals surface area contributed by atoms with Crippen molar-refractivity contribution in [3.8, 4) is 0 Å². The molecule has 10 nitrogen and oxygen atoms in total. The van der Waals surface area contributed by atoms with Crippen LogP contribution >= 0.6 is 22.9 Å². The Labute approximate surface area is 211 Å². The van der Waals surface area contributed by atoms with E-state index in [4.69, 9.17) is 16.6 Å². The van der Waals surface area contributed by atoms with Gasteiger partial charge >= 0.3 is 5.69 Å². The summed E-state index contributed by atoms with van der Waals surface area (Å²) in [5, 5.41) is 1.20. The van der Waals surface area contributed by atoms with Gasteiger partial charge in [-0.2, -0.15) is 0 Å². The van der Waals surface area contributed by atoms with Crippen molar-refractivity contribution in [2.75, 3.05) is 31.1 Å². The number of thiazole rings is 1. The van der Waals surface area contributed by atoms with Crippen LogP contribution in [0.2, 0.25) is 5.02 Å². The van der Waals surface area contributed by atoms with Crippen molar-refractivity contribution in [2.45, 2.75) is 27.3 Å². The largest absolute Gasteiger partial charge is 0.332 e. The van der Waals surface area contributed by atoms with Crippen molar-refractivity contribution < 1.29 is 4.79 Å². The predicted molar refractivity (Wildman–Crippen MR) is 140 cm³/mol.